The minimum absolute atomic E-state index is 0.0868. The highest BCUT2D eigenvalue weighted by atomic mass is 79.9. The summed E-state index contributed by atoms with van der Waals surface area (Å²) in [6.07, 6.45) is 2.00. The van der Waals surface area contributed by atoms with E-state index in [1.807, 2.05) is 12.1 Å². The highest BCUT2D eigenvalue weighted by molar-refractivity contribution is 9.10. The maximum Gasteiger partial charge on any atom is 0.0643 e. The number of benzene rings is 3. The van der Waals surface area contributed by atoms with E-state index < -0.39 is 0 Å². The molecule has 2 N–H and O–H groups in total. The van der Waals surface area contributed by atoms with Gasteiger partial charge < -0.3 is 10.3 Å². The second-order valence-corrected chi connectivity index (χ2v) is 7.48. The second kappa shape index (κ2) is 7.85. The van der Waals surface area contributed by atoms with Crippen molar-refractivity contribution in [3.8, 4) is 0 Å². The maximum atomic E-state index is 4.11. The first-order chi connectivity index (χ1) is 13.3. The average Bonchev–Trinajstić information content (AvgIpc) is 3.07. The van der Waals surface area contributed by atoms with Gasteiger partial charge in [-0.3, -0.25) is 0 Å². The number of anilines is 1. The molecule has 1 aromatic heterocycles. The molecule has 0 amide bonds. The summed E-state index contributed by atoms with van der Waals surface area (Å²) in [5.41, 5.74) is 5.88. The number of fused-ring (bicyclic) bond motifs is 1. The van der Waals surface area contributed by atoms with Crippen LogP contribution in [0.5, 0.6) is 0 Å². The smallest absolute Gasteiger partial charge is 0.0643 e. The van der Waals surface area contributed by atoms with Gasteiger partial charge in [0, 0.05) is 27.8 Å². The fourth-order valence-corrected chi connectivity index (χ4v) is 3.73. The van der Waals surface area contributed by atoms with E-state index in [9.17, 15) is 0 Å². The van der Waals surface area contributed by atoms with Crippen molar-refractivity contribution in [3.05, 3.63) is 113 Å². The Morgan fingerprint density at radius 2 is 1.63 bits per heavy atom. The number of rotatable bonds is 6. The van der Waals surface area contributed by atoms with Gasteiger partial charge in [0.15, 0.2) is 0 Å². The zero-order valence-electron chi connectivity index (χ0n) is 15.0. The summed E-state index contributed by atoms with van der Waals surface area (Å²) in [4.78, 5) is 3.62. The van der Waals surface area contributed by atoms with Crippen molar-refractivity contribution in [1.29, 1.82) is 0 Å². The van der Waals surface area contributed by atoms with Crippen LogP contribution in [0.3, 0.4) is 0 Å². The summed E-state index contributed by atoms with van der Waals surface area (Å²) in [7, 11) is 0. The Labute approximate surface area is 168 Å². The van der Waals surface area contributed by atoms with Gasteiger partial charge >= 0.3 is 0 Å². The largest absolute Gasteiger partial charge is 0.379 e. The van der Waals surface area contributed by atoms with Gasteiger partial charge in [-0.15, -0.1) is 6.58 Å². The van der Waals surface area contributed by atoms with Gasteiger partial charge in [0.2, 0.25) is 0 Å². The lowest BCUT2D eigenvalue weighted by atomic mass is 9.94. The van der Waals surface area contributed by atoms with Crippen LogP contribution in [0, 0.1) is 0 Å². The molecule has 4 rings (SSSR count). The third-order valence-electron chi connectivity index (χ3n) is 4.82. The number of halogens is 1. The third kappa shape index (κ3) is 3.69. The molecule has 0 fully saturated rings. The van der Waals surface area contributed by atoms with Crippen LogP contribution in [0.1, 0.15) is 22.7 Å². The molecule has 3 heteroatoms. The van der Waals surface area contributed by atoms with Crippen molar-refractivity contribution in [3.63, 3.8) is 0 Å². The number of H-pyrrole nitrogens is 1. The van der Waals surface area contributed by atoms with Crippen molar-refractivity contribution in [1.82, 2.24) is 4.98 Å². The summed E-state index contributed by atoms with van der Waals surface area (Å²) in [6.45, 7) is 4.88. The molecule has 2 nitrogen and oxygen atoms in total. The fourth-order valence-electron chi connectivity index (χ4n) is 3.46. The van der Waals surface area contributed by atoms with Crippen molar-refractivity contribution < 1.29 is 0 Å². The van der Waals surface area contributed by atoms with Crippen molar-refractivity contribution >= 4 is 32.5 Å². The van der Waals surface area contributed by atoms with Crippen molar-refractivity contribution in [2.75, 3.05) is 5.32 Å². The van der Waals surface area contributed by atoms with Crippen molar-refractivity contribution in [2.45, 2.75) is 12.5 Å². The Kier molecular flexibility index (Phi) is 5.12. The summed E-state index contributed by atoms with van der Waals surface area (Å²) < 4.78 is 1.08. The summed E-state index contributed by atoms with van der Waals surface area (Å²) in [6, 6.07) is 27.3. The van der Waals surface area contributed by atoms with E-state index in [-0.39, 0.29) is 5.92 Å². The van der Waals surface area contributed by atoms with E-state index in [0.29, 0.717) is 0 Å². The first kappa shape index (κ1) is 17.6. The molecule has 0 spiro atoms. The summed E-state index contributed by atoms with van der Waals surface area (Å²) >= 11 is 3.52. The number of hydrogen-bond donors (Lipinski definition) is 2. The van der Waals surface area contributed by atoms with E-state index >= 15 is 0 Å². The number of aromatic amines is 1. The van der Waals surface area contributed by atoms with Gasteiger partial charge in [0.1, 0.15) is 0 Å². The van der Waals surface area contributed by atoms with Crippen LogP contribution in [-0.2, 0) is 6.54 Å². The van der Waals surface area contributed by atoms with Gasteiger partial charge in [0.25, 0.3) is 0 Å². The lowest BCUT2D eigenvalue weighted by Crippen LogP contribution is -2.05. The van der Waals surface area contributed by atoms with E-state index in [2.05, 4.69) is 106 Å². The Hall–Kier alpha value is -2.78. The number of allylic oxidation sites excluding steroid dienone is 1. The zero-order valence-corrected chi connectivity index (χ0v) is 16.5. The van der Waals surface area contributed by atoms with E-state index in [0.717, 1.165) is 27.9 Å². The highest BCUT2D eigenvalue weighted by Gasteiger charge is 2.19. The molecule has 1 atom stereocenters. The summed E-state index contributed by atoms with van der Waals surface area (Å²) in [5, 5.41) is 4.86. The Balaban J connectivity index is 1.76. The Morgan fingerprint density at radius 1 is 0.926 bits per heavy atom. The normalized spacial score (nSPS) is 12.0. The molecule has 0 aliphatic carbocycles. The lowest BCUT2D eigenvalue weighted by molar-refractivity contribution is 0.975. The minimum atomic E-state index is 0.0868. The predicted molar refractivity (Wildman–Crippen MR) is 118 cm³/mol. The minimum Gasteiger partial charge on any atom is -0.379 e. The van der Waals surface area contributed by atoms with Crippen LogP contribution in [0.2, 0.25) is 0 Å². The lowest BCUT2D eigenvalue weighted by Gasteiger charge is -2.16. The molecule has 0 aliphatic heterocycles. The van der Waals surface area contributed by atoms with Gasteiger partial charge in [0.05, 0.1) is 11.4 Å². The first-order valence-electron chi connectivity index (χ1n) is 9.02. The SMILES string of the molecule is C=C[C@H](c1ccc(Br)cc1)c1[nH]c2ccccc2c1NCc1ccccc1. The molecule has 0 aliphatic rings. The number of nitrogens with one attached hydrogen (secondary N) is 2. The van der Waals surface area contributed by atoms with Gasteiger partial charge in [-0.05, 0) is 29.3 Å². The van der Waals surface area contributed by atoms with Crippen LogP contribution < -0.4 is 5.32 Å². The molecule has 134 valence electrons. The Morgan fingerprint density at radius 3 is 2.37 bits per heavy atom. The molecule has 0 saturated heterocycles. The number of para-hydroxylation sites is 1. The second-order valence-electron chi connectivity index (χ2n) is 6.56. The molecule has 3 aromatic carbocycles. The zero-order chi connectivity index (χ0) is 18.6. The van der Waals surface area contributed by atoms with E-state index in [1.54, 1.807) is 0 Å². The maximum absolute atomic E-state index is 4.11. The standard InChI is InChI=1S/C24H21BrN2/c1-2-20(18-12-14-19(25)15-13-18)24-23(21-10-6-7-11-22(21)27-24)26-16-17-8-4-3-5-9-17/h2-15,20,26-27H,1,16H2/t20-/m1/s1. The van der Waals surface area contributed by atoms with Gasteiger partial charge in [-0.25, -0.2) is 0 Å². The molecular weight excluding hydrogens is 396 g/mol. The molecule has 0 bridgehead atoms. The monoisotopic (exact) mass is 416 g/mol. The molecule has 0 unspecified atom stereocenters. The quantitative estimate of drug-likeness (QED) is 0.330. The van der Waals surface area contributed by atoms with Gasteiger partial charge in [-0.2, -0.15) is 0 Å². The van der Waals surface area contributed by atoms with Crippen LogP contribution in [-0.4, -0.2) is 4.98 Å². The Bertz CT molecular complexity index is 1050. The number of aromatic nitrogens is 1. The third-order valence-corrected chi connectivity index (χ3v) is 5.35. The van der Waals surface area contributed by atoms with E-state index in [1.165, 1.54) is 16.5 Å². The average molecular weight is 417 g/mol. The summed E-state index contributed by atoms with van der Waals surface area (Å²) in [5.74, 6) is 0.0868. The topological polar surface area (TPSA) is 27.8 Å². The highest BCUT2D eigenvalue weighted by Crippen LogP contribution is 2.37. The molecule has 27 heavy (non-hydrogen) atoms. The van der Waals surface area contributed by atoms with E-state index in [4.69, 9.17) is 0 Å². The molecule has 0 saturated carbocycles. The van der Waals surface area contributed by atoms with Gasteiger partial charge in [-0.1, -0.05) is 82.7 Å². The van der Waals surface area contributed by atoms with Crippen LogP contribution in [0.25, 0.3) is 10.9 Å². The molecule has 4 aromatic rings. The number of hydrogen-bond acceptors (Lipinski definition) is 1. The van der Waals surface area contributed by atoms with Crippen LogP contribution >= 0.6 is 15.9 Å². The molecule has 1 heterocycles. The fraction of sp³-hybridized carbons (Fsp3) is 0.0833. The van der Waals surface area contributed by atoms with Crippen LogP contribution in [0.15, 0.2) is 96.0 Å². The molecular formula is C24H21BrN2. The molecule has 0 radical (unpaired) electrons. The van der Waals surface area contributed by atoms with Crippen LogP contribution in [0.4, 0.5) is 5.69 Å². The predicted octanol–water partition coefficient (Wildman–Crippen LogP) is 6.86. The first-order valence-corrected chi connectivity index (χ1v) is 9.82. The van der Waals surface area contributed by atoms with Crippen molar-refractivity contribution in [2.24, 2.45) is 0 Å².